The Kier molecular flexibility index (Phi) is 3.83. The zero-order valence-electron chi connectivity index (χ0n) is 11.8. The summed E-state index contributed by atoms with van der Waals surface area (Å²) in [5, 5.41) is 9.64. The average molecular weight is 262 g/mol. The Balaban J connectivity index is 2.06. The van der Waals surface area contributed by atoms with Crippen molar-refractivity contribution in [2.45, 2.75) is 40.0 Å². The van der Waals surface area contributed by atoms with Crippen molar-refractivity contribution in [3.63, 3.8) is 0 Å². The van der Waals surface area contributed by atoms with Crippen LogP contribution in [0, 0.1) is 17.3 Å². The van der Waals surface area contributed by atoms with Crippen LogP contribution in [0.15, 0.2) is 24.3 Å². The monoisotopic (exact) mass is 262 g/mol. The van der Waals surface area contributed by atoms with Crippen LogP contribution in [0.3, 0.4) is 0 Å². The summed E-state index contributed by atoms with van der Waals surface area (Å²) >= 11 is 0. The number of aromatic hydroxyl groups is 1. The lowest BCUT2D eigenvalue weighted by Crippen LogP contribution is -2.34. The Bertz CT molecular complexity index is 465. The lowest BCUT2D eigenvalue weighted by atomic mass is 9.68. The highest BCUT2D eigenvalue weighted by Crippen LogP contribution is 2.42. The molecule has 2 rings (SSSR count). The molecule has 3 heteroatoms. The van der Waals surface area contributed by atoms with E-state index in [1.54, 1.807) is 18.2 Å². The fourth-order valence-electron chi connectivity index (χ4n) is 3.26. The molecule has 0 radical (unpaired) electrons. The number of carbonyl (C=O) groups is 1. The van der Waals surface area contributed by atoms with Gasteiger partial charge >= 0.3 is 5.97 Å². The first-order valence-corrected chi connectivity index (χ1v) is 6.87. The number of hydrogen-bond acceptors (Lipinski definition) is 3. The minimum absolute atomic E-state index is 0.0129. The quantitative estimate of drug-likeness (QED) is 0.652. The molecule has 0 aromatic heterocycles. The molecule has 2 unspecified atom stereocenters. The van der Waals surface area contributed by atoms with E-state index in [1.807, 2.05) is 0 Å². The lowest BCUT2D eigenvalue weighted by Gasteiger charge is -2.37. The third kappa shape index (κ3) is 3.49. The van der Waals surface area contributed by atoms with Gasteiger partial charge in [-0.2, -0.15) is 0 Å². The molecule has 1 N–H and O–H groups in total. The number of phenols is 1. The van der Waals surface area contributed by atoms with E-state index in [-0.39, 0.29) is 28.8 Å². The first kappa shape index (κ1) is 13.9. The fraction of sp³-hybridized carbons (Fsp3) is 0.562. The van der Waals surface area contributed by atoms with E-state index in [9.17, 15) is 9.90 Å². The Labute approximate surface area is 114 Å². The van der Waals surface area contributed by atoms with Gasteiger partial charge in [0.15, 0.2) is 11.5 Å². The van der Waals surface area contributed by atoms with E-state index >= 15 is 0 Å². The molecule has 104 valence electrons. The third-order valence-electron chi connectivity index (χ3n) is 3.80. The molecule has 19 heavy (non-hydrogen) atoms. The fourth-order valence-corrected chi connectivity index (χ4v) is 3.26. The van der Waals surface area contributed by atoms with Gasteiger partial charge in [0.05, 0.1) is 5.92 Å². The molecular formula is C16H22O3. The van der Waals surface area contributed by atoms with Crippen LogP contribution in [-0.2, 0) is 4.79 Å². The highest BCUT2D eigenvalue weighted by molar-refractivity contribution is 5.76. The van der Waals surface area contributed by atoms with Gasteiger partial charge in [0.2, 0.25) is 0 Å². The van der Waals surface area contributed by atoms with Crippen molar-refractivity contribution in [3.8, 4) is 11.5 Å². The average Bonchev–Trinajstić information content (AvgIpc) is 2.29. The minimum Gasteiger partial charge on any atom is -0.504 e. The van der Waals surface area contributed by atoms with Crippen molar-refractivity contribution in [1.82, 2.24) is 0 Å². The van der Waals surface area contributed by atoms with Gasteiger partial charge in [-0.05, 0) is 42.7 Å². The Morgan fingerprint density at radius 2 is 2.00 bits per heavy atom. The molecule has 0 aliphatic heterocycles. The molecule has 0 amide bonds. The van der Waals surface area contributed by atoms with E-state index in [2.05, 4.69) is 20.8 Å². The van der Waals surface area contributed by atoms with Crippen LogP contribution in [0.25, 0.3) is 0 Å². The Morgan fingerprint density at radius 3 is 2.63 bits per heavy atom. The van der Waals surface area contributed by atoms with Crippen molar-refractivity contribution in [3.05, 3.63) is 24.3 Å². The van der Waals surface area contributed by atoms with E-state index in [1.165, 1.54) is 6.07 Å². The van der Waals surface area contributed by atoms with Gasteiger partial charge in [0.1, 0.15) is 0 Å². The van der Waals surface area contributed by atoms with Crippen molar-refractivity contribution in [1.29, 1.82) is 0 Å². The van der Waals surface area contributed by atoms with E-state index < -0.39 is 0 Å². The van der Waals surface area contributed by atoms with Crippen LogP contribution in [0.5, 0.6) is 11.5 Å². The summed E-state index contributed by atoms with van der Waals surface area (Å²) in [6.07, 6.45) is 2.87. The molecule has 2 atom stereocenters. The molecule has 3 nitrogen and oxygen atoms in total. The zero-order chi connectivity index (χ0) is 14.0. The van der Waals surface area contributed by atoms with Crippen LogP contribution in [0.1, 0.15) is 40.0 Å². The lowest BCUT2D eigenvalue weighted by molar-refractivity contribution is -0.142. The van der Waals surface area contributed by atoms with E-state index in [0.29, 0.717) is 5.92 Å². The molecule has 1 fully saturated rings. The number of esters is 1. The SMILES string of the molecule is CC1CC(C(=O)Oc2ccccc2O)CC(C)(C)C1. The highest BCUT2D eigenvalue weighted by Gasteiger charge is 2.36. The number of phenolic OH excluding ortho intramolecular Hbond substituents is 1. The van der Waals surface area contributed by atoms with Gasteiger partial charge in [0, 0.05) is 0 Å². The van der Waals surface area contributed by atoms with Crippen LogP contribution in [0.2, 0.25) is 0 Å². The van der Waals surface area contributed by atoms with Crippen molar-refractivity contribution >= 4 is 5.97 Å². The molecule has 0 saturated heterocycles. The third-order valence-corrected chi connectivity index (χ3v) is 3.80. The predicted molar refractivity (Wildman–Crippen MR) is 74.0 cm³/mol. The summed E-state index contributed by atoms with van der Waals surface area (Å²) in [7, 11) is 0. The zero-order valence-corrected chi connectivity index (χ0v) is 11.8. The summed E-state index contributed by atoms with van der Waals surface area (Å²) in [5.74, 6) is 0.507. The second kappa shape index (κ2) is 5.24. The molecule has 1 aliphatic rings. The molecule has 1 aliphatic carbocycles. The number of ether oxygens (including phenoxy) is 1. The second-order valence-electron chi connectivity index (χ2n) is 6.50. The van der Waals surface area contributed by atoms with Crippen LogP contribution < -0.4 is 4.74 Å². The van der Waals surface area contributed by atoms with Crippen LogP contribution in [0.4, 0.5) is 0 Å². The van der Waals surface area contributed by atoms with Gasteiger partial charge in [-0.3, -0.25) is 4.79 Å². The van der Waals surface area contributed by atoms with E-state index in [4.69, 9.17) is 4.74 Å². The summed E-state index contributed by atoms with van der Waals surface area (Å²) in [6.45, 7) is 6.58. The Hall–Kier alpha value is -1.51. The van der Waals surface area contributed by atoms with E-state index in [0.717, 1.165) is 19.3 Å². The summed E-state index contributed by atoms with van der Waals surface area (Å²) in [6, 6.07) is 6.59. The highest BCUT2D eigenvalue weighted by atomic mass is 16.5. The normalized spacial score (nSPS) is 25.8. The van der Waals surface area contributed by atoms with Crippen molar-refractivity contribution in [2.24, 2.45) is 17.3 Å². The minimum atomic E-state index is -0.221. The second-order valence-corrected chi connectivity index (χ2v) is 6.50. The smallest absolute Gasteiger partial charge is 0.314 e. The molecule has 1 aromatic carbocycles. The number of rotatable bonds is 2. The maximum Gasteiger partial charge on any atom is 0.314 e. The van der Waals surface area contributed by atoms with Crippen molar-refractivity contribution in [2.75, 3.05) is 0 Å². The maximum absolute atomic E-state index is 12.2. The van der Waals surface area contributed by atoms with Gasteiger partial charge < -0.3 is 9.84 Å². The molecule has 0 bridgehead atoms. The standard InChI is InChI=1S/C16H22O3/c1-11-8-12(10-16(2,3)9-11)15(18)19-14-7-5-4-6-13(14)17/h4-7,11-12,17H,8-10H2,1-3H3. The van der Waals surface area contributed by atoms with Crippen molar-refractivity contribution < 1.29 is 14.6 Å². The number of para-hydroxylation sites is 2. The first-order valence-electron chi connectivity index (χ1n) is 6.87. The number of carbonyl (C=O) groups excluding carboxylic acids is 1. The predicted octanol–water partition coefficient (Wildman–Crippen LogP) is 3.76. The molecule has 1 saturated carbocycles. The largest absolute Gasteiger partial charge is 0.504 e. The van der Waals surface area contributed by atoms with Crippen LogP contribution >= 0.6 is 0 Å². The summed E-state index contributed by atoms with van der Waals surface area (Å²) in [5.41, 5.74) is 0.181. The number of benzene rings is 1. The Morgan fingerprint density at radius 1 is 1.32 bits per heavy atom. The topological polar surface area (TPSA) is 46.5 Å². The van der Waals surface area contributed by atoms with Gasteiger partial charge in [-0.15, -0.1) is 0 Å². The van der Waals surface area contributed by atoms with Gasteiger partial charge in [-0.25, -0.2) is 0 Å². The van der Waals surface area contributed by atoms with Gasteiger partial charge in [-0.1, -0.05) is 32.9 Å². The summed E-state index contributed by atoms with van der Waals surface area (Å²) in [4.78, 5) is 12.2. The molecular weight excluding hydrogens is 240 g/mol. The van der Waals surface area contributed by atoms with Crippen LogP contribution in [-0.4, -0.2) is 11.1 Å². The summed E-state index contributed by atoms with van der Waals surface area (Å²) < 4.78 is 5.34. The molecule has 0 heterocycles. The number of hydrogen-bond donors (Lipinski definition) is 1. The molecule has 0 spiro atoms. The first-order chi connectivity index (χ1) is 8.87. The maximum atomic E-state index is 12.2. The molecule has 1 aromatic rings. The van der Waals surface area contributed by atoms with Gasteiger partial charge in [0.25, 0.3) is 0 Å².